The molecule has 0 atom stereocenters. The topological polar surface area (TPSA) is 126 Å². The first kappa shape index (κ1) is 44.0. The molecule has 0 unspecified atom stereocenters. The summed E-state index contributed by atoms with van der Waals surface area (Å²) < 4.78 is 43.4. The van der Waals surface area contributed by atoms with E-state index < -0.39 is 0 Å². The summed E-state index contributed by atoms with van der Waals surface area (Å²) in [5.74, 6) is 0. The van der Waals surface area contributed by atoms with Crippen LogP contribution in [0.3, 0.4) is 0 Å². The summed E-state index contributed by atoms with van der Waals surface area (Å²) in [7, 11) is 0. The molecule has 0 aromatic heterocycles. The van der Waals surface area contributed by atoms with Gasteiger partial charge in [-0.15, -0.1) is 0 Å². The highest BCUT2D eigenvalue weighted by atomic mass is 16.6. The number of hydrogen-bond donors (Lipinski definition) is 1. The van der Waals surface area contributed by atoms with E-state index in [9.17, 15) is 0 Å². The van der Waals surface area contributed by atoms with Gasteiger partial charge in [-0.25, -0.2) is 0 Å². The summed E-state index contributed by atoms with van der Waals surface area (Å²) in [6.45, 7) is 15.1. The van der Waals surface area contributed by atoms with E-state index in [1.807, 2.05) is 13.8 Å². The smallest absolute Gasteiger partial charge is 0.0701 e. The first-order valence-corrected chi connectivity index (χ1v) is 15.6. The second-order valence-electron chi connectivity index (χ2n) is 8.80. The third-order valence-electron chi connectivity index (χ3n) is 5.48. The minimum absolute atomic E-state index is 0. The van der Waals surface area contributed by atoms with E-state index in [4.69, 9.17) is 43.0 Å². The molecular formula is C30H66O10. The lowest BCUT2D eigenvalue weighted by Gasteiger charge is -2.08. The molecule has 0 radical (unpaired) electrons. The molecule has 0 aliphatic heterocycles. The van der Waals surface area contributed by atoms with Crippen LogP contribution < -0.4 is 0 Å². The number of aliphatic hydroxyl groups excluding tert-OH is 1. The Labute approximate surface area is 246 Å². The molecule has 0 aliphatic rings. The minimum atomic E-state index is 0. The largest absolute Gasteiger partial charge is 0.412 e. The molecule has 0 aliphatic carbocycles. The average molecular weight is 587 g/mol. The molecule has 0 fully saturated rings. The Morgan fingerprint density at radius 2 is 0.550 bits per heavy atom. The third-order valence-corrected chi connectivity index (χ3v) is 5.48. The Bertz CT molecular complexity index is 358. The van der Waals surface area contributed by atoms with Crippen molar-refractivity contribution >= 4 is 0 Å². The summed E-state index contributed by atoms with van der Waals surface area (Å²) in [4.78, 5) is 0. The highest BCUT2D eigenvalue weighted by Gasteiger charge is 1.96. The molecule has 0 saturated heterocycles. The summed E-state index contributed by atoms with van der Waals surface area (Å²) in [5.41, 5.74) is 0. The van der Waals surface area contributed by atoms with E-state index in [1.54, 1.807) is 0 Å². The highest BCUT2D eigenvalue weighted by molar-refractivity contribution is 4.47. The maximum atomic E-state index is 8.56. The van der Waals surface area contributed by atoms with Crippen LogP contribution >= 0.6 is 0 Å². The number of unbranched alkanes of at least 4 members (excludes halogenated alkanes) is 9. The minimum Gasteiger partial charge on any atom is -0.412 e. The van der Waals surface area contributed by atoms with Crippen molar-refractivity contribution in [2.75, 3.05) is 112 Å². The summed E-state index contributed by atoms with van der Waals surface area (Å²) in [5, 5.41) is 8.56. The second-order valence-corrected chi connectivity index (χ2v) is 8.80. The Morgan fingerprint density at radius 1 is 0.325 bits per heavy atom. The van der Waals surface area contributed by atoms with Gasteiger partial charge < -0.3 is 48.5 Å². The Hall–Kier alpha value is -0.400. The molecule has 0 saturated carbocycles. The maximum absolute atomic E-state index is 8.56. The molecule has 0 bridgehead atoms. The van der Waals surface area contributed by atoms with Gasteiger partial charge in [-0.2, -0.15) is 0 Å². The van der Waals surface area contributed by atoms with Crippen molar-refractivity contribution in [1.82, 2.24) is 0 Å². The van der Waals surface area contributed by atoms with Gasteiger partial charge in [-0.3, -0.25) is 0 Å². The van der Waals surface area contributed by atoms with Crippen LogP contribution in [-0.4, -0.2) is 123 Å². The number of rotatable bonds is 34. The monoisotopic (exact) mass is 586 g/mol. The fraction of sp³-hybridized carbons (Fsp3) is 1.00. The maximum Gasteiger partial charge on any atom is 0.0701 e. The van der Waals surface area contributed by atoms with Gasteiger partial charge in [0.2, 0.25) is 0 Å². The van der Waals surface area contributed by atoms with Gasteiger partial charge in [-0.1, -0.05) is 78.6 Å². The predicted octanol–water partition coefficient (Wildman–Crippen LogP) is 4.23. The number of aliphatic hydroxyl groups is 1. The van der Waals surface area contributed by atoms with Gasteiger partial charge in [0.05, 0.1) is 106 Å². The zero-order chi connectivity index (χ0) is 28.7. The van der Waals surface area contributed by atoms with E-state index in [-0.39, 0.29) is 12.1 Å². The van der Waals surface area contributed by atoms with Crippen LogP contribution in [-0.2, 0) is 37.9 Å². The Morgan fingerprint density at radius 3 is 0.825 bits per heavy atom. The molecule has 0 spiro atoms. The Kier molecular flexibility index (Phi) is 50.2. The fourth-order valence-corrected chi connectivity index (χ4v) is 3.40. The number of hydrogen-bond acceptors (Lipinski definition) is 9. The number of ether oxygens (including phenoxy) is 8. The van der Waals surface area contributed by atoms with Crippen molar-refractivity contribution in [1.29, 1.82) is 0 Å². The predicted molar refractivity (Wildman–Crippen MR) is 160 cm³/mol. The highest BCUT2D eigenvalue weighted by Crippen LogP contribution is 2.10. The van der Waals surface area contributed by atoms with Crippen LogP contribution in [0.15, 0.2) is 0 Å². The van der Waals surface area contributed by atoms with Crippen molar-refractivity contribution in [3.63, 3.8) is 0 Å². The lowest BCUT2D eigenvalue weighted by atomic mass is 10.1. The normalized spacial score (nSPS) is 10.8. The molecule has 0 aromatic carbocycles. The van der Waals surface area contributed by atoms with Crippen molar-refractivity contribution in [2.45, 2.75) is 85.0 Å². The van der Waals surface area contributed by atoms with Gasteiger partial charge in [0.1, 0.15) is 0 Å². The van der Waals surface area contributed by atoms with Crippen molar-refractivity contribution < 1.29 is 48.5 Å². The van der Waals surface area contributed by atoms with Crippen molar-refractivity contribution in [3.05, 3.63) is 0 Å². The zero-order valence-electron chi connectivity index (χ0n) is 26.3. The van der Waals surface area contributed by atoms with Gasteiger partial charge in [-0.05, 0) is 6.42 Å². The standard InChI is InChI=1S/C28H58O9.C2H6.H2O/c1-2-3-4-5-6-7-8-9-10-11-13-30-15-17-32-19-21-34-23-25-36-27-28-37-26-24-35-22-20-33-18-16-31-14-12-29;1-2;/h29H,2-28H2,1H3;1-2H3;1H2. The van der Waals surface area contributed by atoms with E-state index >= 15 is 0 Å². The van der Waals surface area contributed by atoms with Crippen molar-refractivity contribution in [2.24, 2.45) is 0 Å². The van der Waals surface area contributed by atoms with Crippen LogP contribution in [0.2, 0.25) is 0 Å². The van der Waals surface area contributed by atoms with Crippen LogP contribution in [0.5, 0.6) is 0 Å². The van der Waals surface area contributed by atoms with Crippen molar-refractivity contribution in [3.8, 4) is 0 Å². The SMILES string of the molecule is CC.CCCCCCCCCCCCOCCOCCOCCOCCOCCOCCOCCOCCO.O. The van der Waals surface area contributed by atoms with Gasteiger partial charge in [0.15, 0.2) is 0 Å². The van der Waals surface area contributed by atoms with Crippen LogP contribution in [0, 0.1) is 0 Å². The molecule has 0 rings (SSSR count). The molecule has 40 heavy (non-hydrogen) atoms. The molecule has 0 amide bonds. The second kappa shape index (κ2) is 45.6. The average Bonchev–Trinajstić information content (AvgIpc) is 2.96. The zero-order valence-corrected chi connectivity index (χ0v) is 26.3. The van der Waals surface area contributed by atoms with Gasteiger partial charge in [0.25, 0.3) is 0 Å². The molecule has 3 N–H and O–H groups in total. The molecule has 246 valence electrons. The first-order valence-electron chi connectivity index (χ1n) is 15.6. The lowest BCUT2D eigenvalue weighted by molar-refractivity contribution is -0.0238. The van der Waals surface area contributed by atoms with E-state index in [0.29, 0.717) is 99.1 Å². The van der Waals surface area contributed by atoms with Gasteiger partial charge >= 0.3 is 0 Å². The van der Waals surface area contributed by atoms with Crippen LogP contribution in [0.25, 0.3) is 0 Å². The molecule has 0 heterocycles. The fourth-order valence-electron chi connectivity index (χ4n) is 3.40. The van der Waals surface area contributed by atoms with Gasteiger partial charge in [0, 0.05) is 6.61 Å². The quantitative estimate of drug-likeness (QED) is 0.110. The lowest BCUT2D eigenvalue weighted by Crippen LogP contribution is -2.15. The molecular weight excluding hydrogens is 520 g/mol. The molecule has 10 nitrogen and oxygen atoms in total. The summed E-state index contributed by atoms with van der Waals surface area (Å²) >= 11 is 0. The summed E-state index contributed by atoms with van der Waals surface area (Å²) in [6.07, 6.45) is 13.4. The van der Waals surface area contributed by atoms with E-state index in [0.717, 1.165) is 13.0 Å². The molecule has 0 aromatic rings. The summed E-state index contributed by atoms with van der Waals surface area (Å²) in [6, 6.07) is 0. The first-order chi connectivity index (χ1) is 19.4. The van der Waals surface area contributed by atoms with E-state index in [2.05, 4.69) is 6.92 Å². The van der Waals surface area contributed by atoms with Crippen LogP contribution in [0.4, 0.5) is 0 Å². The molecule has 10 heteroatoms. The third kappa shape index (κ3) is 44.6. The van der Waals surface area contributed by atoms with E-state index in [1.165, 1.54) is 57.8 Å². The van der Waals surface area contributed by atoms with Crippen LogP contribution in [0.1, 0.15) is 85.0 Å². The Balaban J connectivity index is -0.00000445.